The number of hydrogen-bond donors (Lipinski definition) is 2. The van der Waals surface area contributed by atoms with E-state index in [1.807, 2.05) is 4.90 Å². The van der Waals surface area contributed by atoms with Gasteiger partial charge < -0.3 is 16.0 Å². The standard InChI is InChI=1S/C10H21N3O/c1-8(2)7-9(11)10(14)13-5-3-12-4-6-13/h8-9,12H,3-7,11H2,1-2H3. The van der Waals surface area contributed by atoms with Crippen molar-refractivity contribution in [2.75, 3.05) is 26.2 Å². The Morgan fingerprint density at radius 3 is 2.50 bits per heavy atom. The maximum Gasteiger partial charge on any atom is 0.239 e. The third kappa shape index (κ3) is 3.27. The van der Waals surface area contributed by atoms with Crippen LogP contribution in [0.1, 0.15) is 20.3 Å². The molecule has 0 aliphatic carbocycles. The van der Waals surface area contributed by atoms with Crippen molar-refractivity contribution in [2.45, 2.75) is 26.3 Å². The minimum atomic E-state index is -0.312. The summed E-state index contributed by atoms with van der Waals surface area (Å²) in [5, 5.41) is 3.21. The average Bonchev–Trinajstić information content (AvgIpc) is 2.17. The molecule has 1 heterocycles. The van der Waals surface area contributed by atoms with Crippen LogP contribution >= 0.6 is 0 Å². The van der Waals surface area contributed by atoms with E-state index in [9.17, 15) is 4.79 Å². The highest BCUT2D eigenvalue weighted by Crippen LogP contribution is 2.06. The first kappa shape index (κ1) is 11.5. The van der Waals surface area contributed by atoms with Gasteiger partial charge in [-0.05, 0) is 12.3 Å². The molecule has 0 radical (unpaired) electrons. The lowest BCUT2D eigenvalue weighted by Crippen LogP contribution is -2.52. The molecular formula is C10H21N3O. The number of piperazine rings is 1. The van der Waals surface area contributed by atoms with Gasteiger partial charge in [-0.2, -0.15) is 0 Å². The SMILES string of the molecule is CC(C)CC(N)C(=O)N1CCNCC1. The summed E-state index contributed by atoms with van der Waals surface area (Å²) >= 11 is 0. The van der Waals surface area contributed by atoms with Gasteiger partial charge in [0.15, 0.2) is 0 Å². The fourth-order valence-electron chi connectivity index (χ4n) is 1.73. The Balaban J connectivity index is 2.38. The lowest BCUT2D eigenvalue weighted by atomic mass is 10.0. The number of nitrogens with one attached hydrogen (secondary N) is 1. The molecule has 14 heavy (non-hydrogen) atoms. The van der Waals surface area contributed by atoms with Crippen molar-refractivity contribution in [3.05, 3.63) is 0 Å². The fraction of sp³-hybridized carbons (Fsp3) is 0.900. The molecule has 82 valence electrons. The van der Waals surface area contributed by atoms with E-state index in [0.717, 1.165) is 32.6 Å². The number of carbonyl (C=O) groups is 1. The Morgan fingerprint density at radius 2 is 2.00 bits per heavy atom. The second kappa shape index (κ2) is 5.32. The van der Waals surface area contributed by atoms with Crippen LogP contribution in [-0.2, 0) is 4.79 Å². The van der Waals surface area contributed by atoms with Crippen molar-refractivity contribution in [3.8, 4) is 0 Å². The summed E-state index contributed by atoms with van der Waals surface area (Å²) < 4.78 is 0. The minimum absolute atomic E-state index is 0.111. The van der Waals surface area contributed by atoms with Crippen molar-refractivity contribution in [1.82, 2.24) is 10.2 Å². The van der Waals surface area contributed by atoms with Crippen molar-refractivity contribution in [2.24, 2.45) is 11.7 Å². The van der Waals surface area contributed by atoms with Gasteiger partial charge >= 0.3 is 0 Å². The molecule has 1 saturated heterocycles. The number of hydrogen-bond acceptors (Lipinski definition) is 3. The van der Waals surface area contributed by atoms with Gasteiger partial charge in [0.25, 0.3) is 0 Å². The molecule has 4 heteroatoms. The van der Waals surface area contributed by atoms with Crippen LogP contribution in [0.5, 0.6) is 0 Å². The highest BCUT2D eigenvalue weighted by atomic mass is 16.2. The molecule has 0 aromatic heterocycles. The second-order valence-corrected chi connectivity index (χ2v) is 4.31. The molecule has 0 saturated carbocycles. The molecule has 1 rings (SSSR count). The van der Waals surface area contributed by atoms with Gasteiger partial charge in [-0.25, -0.2) is 0 Å². The number of rotatable bonds is 3. The smallest absolute Gasteiger partial charge is 0.239 e. The molecule has 4 nitrogen and oxygen atoms in total. The van der Waals surface area contributed by atoms with Gasteiger partial charge in [0.05, 0.1) is 6.04 Å². The van der Waals surface area contributed by atoms with Crippen molar-refractivity contribution in [1.29, 1.82) is 0 Å². The predicted octanol–water partition coefficient (Wildman–Crippen LogP) is -0.208. The second-order valence-electron chi connectivity index (χ2n) is 4.31. The molecule has 0 aromatic rings. The van der Waals surface area contributed by atoms with Gasteiger partial charge in [-0.15, -0.1) is 0 Å². The Bertz CT molecular complexity index is 188. The van der Waals surface area contributed by atoms with E-state index in [-0.39, 0.29) is 11.9 Å². The zero-order valence-electron chi connectivity index (χ0n) is 9.12. The first-order chi connectivity index (χ1) is 6.61. The summed E-state index contributed by atoms with van der Waals surface area (Å²) in [4.78, 5) is 13.7. The third-order valence-corrected chi connectivity index (χ3v) is 2.47. The van der Waals surface area contributed by atoms with Crippen LogP contribution in [0.25, 0.3) is 0 Å². The maximum atomic E-state index is 11.8. The minimum Gasteiger partial charge on any atom is -0.339 e. The summed E-state index contributed by atoms with van der Waals surface area (Å²) in [5.74, 6) is 0.595. The van der Waals surface area contributed by atoms with E-state index in [0.29, 0.717) is 5.92 Å². The van der Waals surface area contributed by atoms with Crippen LogP contribution < -0.4 is 11.1 Å². The zero-order valence-corrected chi connectivity index (χ0v) is 9.12. The molecule has 1 aliphatic heterocycles. The van der Waals surface area contributed by atoms with Crippen LogP contribution in [0, 0.1) is 5.92 Å². The summed E-state index contributed by atoms with van der Waals surface area (Å²) in [7, 11) is 0. The molecule has 1 aliphatic rings. The molecule has 0 bridgehead atoms. The normalized spacial score (nSPS) is 19.9. The van der Waals surface area contributed by atoms with Crippen molar-refractivity contribution >= 4 is 5.91 Å². The van der Waals surface area contributed by atoms with Crippen molar-refractivity contribution in [3.63, 3.8) is 0 Å². The van der Waals surface area contributed by atoms with Crippen LogP contribution in [0.3, 0.4) is 0 Å². The molecule has 1 unspecified atom stereocenters. The lowest BCUT2D eigenvalue weighted by Gasteiger charge is -2.30. The summed E-state index contributed by atoms with van der Waals surface area (Å²) in [5.41, 5.74) is 5.84. The van der Waals surface area contributed by atoms with Crippen LogP contribution in [-0.4, -0.2) is 43.0 Å². The fourth-order valence-corrected chi connectivity index (χ4v) is 1.73. The van der Waals surface area contributed by atoms with Gasteiger partial charge in [-0.3, -0.25) is 4.79 Å². The molecule has 1 fully saturated rings. The predicted molar refractivity (Wildman–Crippen MR) is 56.9 cm³/mol. The summed E-state index contributed by atoms with van der Waals surface area (Å²) in [6.45, 7) is 7.55. The van der Waals surface area contributed by atoms with Crippen LogP contribution in [0.4, 0.5) is 0 Å². The molecule has 0 aromatic carbocycles. The number of carbonyl (C=O) groups excluding carboxylic acids is 1. The zero-order chi connectivity index (χ0) is 10.6. The molecule has 0 spiro atoms. The molecule has 1 atom stereocenters. The first-order valence-electron chi connectivity index (χ1n) is 5.36. The molecular weight excluding hydrogens is 178 g/mol. The summed E-state index contributed by atoms with van der Waals surface area (Å²) in [6, 6.07) is -0.312. The largest absolute Gasteiger partial charge is 0.339 e. The quantitative estimate of drug-likeness (QED) is 0.661. The number of nitrogens with zero attached hydrogens (tertiary/aromatic N) is 1. The van der Waals surface area contributed by atoms with Crippen LogP contribution in [0.15, 0.2) is 0 Å². The number of nitrogens with two attached hydrogens (primary N) is 1. The molecule has 3 N–H and O–H groups in total. The van der Waals surface area contributed by atoms with Gasteiger partial charge in [-0.1, -0.05) is 13.8 Å². The van der Waals surface area contributed by atoms with E-state index in [1.54, 1.807) is 0 Å². The Kier molecular flexibility index (Phi) is 4.35. The van der Waals surface area contributed by atoms with Gasteiger partial charge in [0.1, 0.15) is 0 Å². The van der Waals surface area contributed by atoms with E-state index >= 15 is 0 Å². The lowest BCUT2D eigenvalue weighted by molar-refractivity contribution is -0.133. The maximum absolute atomic E-state index is 11.8. The third-order valence-electron chi connectivity index (χ3n) is 2.47. The molecule has 1 amide bonds. The highest BCUT2D eigenvalue weighted by Gasteiger charge is 2.22. The van der Waals surface area contributed by atoms with E-state index in [4.69, 9.17) is 5.73 Å². The van der Waals surface area contributed by atoms with Gasteiger partial charge in [0, 0.05) is 26.2 Å². The monoisotopic (exact) mass is 199 g/mol. The Labute approximate surface area is 85.8 Å². The highest BCUT2D eigenvalue weighted by molar-refractivity contribution is 5.81. The van der Waals surface area contributed by atoms with E-state index < -0.39 is 0 Å². The number of amides is 1. The van der Waals surface area contributed by atoms with E-state index in [1.165, 1.54) is 0 Å². The summed E-state index contributed by atoms with van der Waals surface area (Å²) in [6.07, 6.45) is 0.781. The topological polar surface area (TPSA) is 58.4 Å². The van der Waals surface area contributed by atoms with Crippen molar-refractivity contribution < 1.29 is 4.79 Å². The van der Waals surface area contributed by atoms with E-state index in [2.05, 4.69) is 19.2 Å². The van der Waals surface area contributed by atoms with Gasteiger partial charge in [0.2, 0.25) is 5.91 Å². The first-order valence-corrected chi connectivity index (χ1v) is 5.36. The van der Waals surface area contributed by atoms with Crippen LogP contribution in [0.2, 0.25) is 0 Å². The Morgan fingerprint density at radius 1 is 1.43 bits per heavy atom. The average molecular weight is 199 g/mol. The Hall–Kier alpha value is -0.610.